The van der Waals surface area contributed by atoms with Gasteiger partial charge in [-0.1, -0.05) is 63.2 Å². The maximum Gasteiger partial charge on any atom is 0.337 e. The van der Waals surface area contributed by atoms with E-state index in [0.717, 1.165) is 10.8 Å². The summed E-state index contributed by atoms with van der Waals surface area (Å²) in [5.74, 6) is -0.661. The number of hydrazine groups is 1. The Balaban J connectivity index is 1.70. The molecule has 0 spiro atoms. The zero-order valence-electron chi connectivity index (χ0n) is 16.9. The lowest BCUT2D eigenvalue weighted by molar-refractivity contribution is -0.386. The molecule has 0 aromatic heterocycles. The molecule has 8 heteroatoms. The number of nitro groups is 1. The second kappa shape index (κ2) is 8.20. The Hall–Kier alpha value is -3.94. The molecule has 0 aliphatic rings. The minimum absolute atomic E-state index is 0.0696. The lowest BCUT2D eigenvalue weighted by Gasteiger charge is -2.19. The summed E-state index contributed by atoms with van der Waals surface area (Å²) >= 11 is 0. The summed E-state index contributed by atoms with van der Waals surface area (Å²) in [6.45, 7) is 5.57. The summed E-state index contributed by atoms with van der Waals surface area (Å²) in [4.78, 5) is 35.5. The molecule has 3 aromatic rings. The third-order valence-electron chi connectivity index (χ3n) is 4.59. The third kappa shape index (κ3) is 4.54. The minimum atomic E-state index is -0.661. The predicted octanol–water partition coefficient (Wildman–Crippen LogP) is 4.51. The first kappa shape index (κ1) is 20.8. The van der Waals surface area contributed by atoms with E-state index in [9.17, 15) is 19.7 Å². The molecule has 3 rings (SSSR count). The van der Waals surface area contributed by atoms with Crippen molar-refractivity contribution in [2.75, 3.05) is 5.32 Å². The molecule has 0 atom stereocenters. The van der Waals surface area contributed by atoms with Gasteiger partial charge in [0.1, 0.15) is 0 Å². The molecule has 0 bridgehead atoms. The van der Waals surface area contributed by atoms with Gasteiger partial charge in [0.25, 0.3) is 11.6 Å². The lowest BCUT2D eigenvalue weighted by atomic mass is 9.85. The highest BCUT2D eigenvalue weighted by molar-refractivity contribution is 6.02. The SMILES string of the molecule is CC(C)(C)c1ccc(C(=O)NNC(=O)Nc2cccc3ccccc23)cc1[N+](=O)[O-]. The lowest BCUT2D eigenvalue weighted by Crippen LogP contribution is -2.44. The number of rotatable bonds is 3. The van der Waals surface area contributed by atoms with Crippen molar-refractivity contribution in [1.82, 2.24) is 10.9 Å². The molecule has 0 fully saturated rings. The summed E-state index contributed by atoms with van der Waals surface area (Å²) in [6.07, 6.45) is 0. The zero-order valence-corrected chi connectivity index (χ0v) is 16.9. The van der Waals surface area contributed by atoms with Gasteiger partial charge in [-0.25, -0.2) is 10.2 Å². The average Bonchev–Trinajstić information content (AvgIpc) is 2.71. The maximum absolute atomic E-state index is 12.4. The second-order valence-corrected chi connectivity index (χ2v) is 7.80. The van der Waals surface area contributed by atoms with Crippen LogP contribution in [0.1, 0.15) is 36.7 Å². The number of nitrogens with zero attached hydrogens (tertiary/aromatic N) is 1. The summed E-state index contributed by atoms with van der Waals surface area (Å²) in [5.41, 5.74) is 5.12. The number of nitro benzene ring substituents is 1. The first-order valence-electron chi connectivity index (χ1n) is 9.31. The van der Waals surface area contributed by atoms with Gasteiger partial charge in [0.05, 0.1) is 10.6 Å². The number of anilines is 1. The summed E-state index contributed by atoms with van der Waals surface area (Å²) in [6, 6.07) is 16.7. The van der Waals surface area contributed by atoms with E-state index in [0.29, 0.717) is 11.3 Å². The molecule has 0 aliphatic carbocycles. The number of hydrogen-bond donors (Lipinski definition) is 3. The van der Waals surface area contributed by atoms with Crippen LogP contribution in [-0.4, -0.2) is 16.9 Å². The van der Waals surface area contributed by atoms with Crippen LogP contribution in [0.3, 0.4) is 0 Å². The molecule has 0 heterocycles. The predicted molar refractivity (Wildman–Crippen MR) is 115 cm³/mol. The molecule has 3 amide bonds. The highest BCUT2D eigenvalue weighted by atomic mass is 16.6. The normalized spacial score (nSPS) is 11.0. The van der Waals surface area contributed by atoms with Crippen LogP contribution in [0.5, 0.6) is 0 Å². The molecule has 0 unspecified atom stereocenters. The number of nitrogens with one attached hydrogen (secondary N) is 3. The van der Waals surface area contributed by atoms with E-state index < -0.39 is 22.3 Å². The van der Waals surface area contributed by atoms with E-state index in [1.54, 1.807) is 12.1 Å². The Morgan fingerprint density at radius 2 is 1.63 bits per heavy atom. The fourth-order valence-corrected chi connectivity index (χ4v) is 3.13. The van der Waals surface area contributed by atoms with E-state index in [2.05, 4.69) is 16.2 Å². The molecule has 30 heavy (non-hydrogen) atoms. The molecule has 8 nitrogen and oxygen atoms in total. The van der Waals surface area contributed by atoms with Gasteiger partial charge in [0.2, 0.25) is 0 Å². The van der Waals surface area contributed by atoms with Crippen LogP contribution in [0.25, 0.3) is 10.8 Å². The van der Waals surface area contributed by atoms with Gasteiger partial charge in [0.15, 0.2) is 0 Å². The maximum atomic E-state index is 12.4. The highest BCUT2D eigenvalue weighted by Gasteiger charge is 2.26. The first-order chi connectivity index (χ1) is 14.2. The van der Waals surface area contributed by atoms with Gasteiger partial charge >= 0.3 is 6.03 Å². The van der Waals surface area contributed by atoms with Crippen molar-refractivity contribution in [3.8, 4) is 0 Å². The van der Waals surface area contributed by atoms with E-state index in [1.165, 1.54) is 12.1 Å². The van der Waals surface area contributed by atoms with E-state index in [4.69, 9.17) is 0 Å². The number of amides is 3. The van der Waals surface area contributed by atoms with E-state index in [1.807, 2.05) is 57.2 Å². The van der Waals surface area contributed by atoms with Crippen molar-refractivity contribution >= 4 is 34.1 Å². The standard InChI is InChI=1S/C22H22N4O4/c1-22(2,3)17-12-11-15(13-19(17)26(29)30)20(27)24-25-21(28)23-18-10-6-8-14-7-4-5-9-16(14)18/h4-13H,1-3H3,(H,24,27)(H2,23,25,28). The van der Waals surface area contributed by atoms with Crippen LogP contribution in [0, 0.1) is 10.1 Å². The van der Waals surface area contributed by atoms with Crippen molar-refractivity contribution in [2.24, 2.45) is 0 Å². The number of carbonyl (C=O) groups is 2. The van der Waals surface area contributed by atoms with Gasteiger partial charge in [-0.05, 0) is 22.9 Å². The van der Waals surface area contributed by atoms with Crippen LogP contribution >= 0.6 is 0 Å². The van der Waals surface area contributed by atoms with Gasteiger partial charge in [-0.3, -0.25) is 20.3 Å². The van der Waals surface area contributed by atoms with Crippen molar-refractivity contribution in [3.05, 3.63) is 81.9 Å². The summed E-state index contributed by atoms with van der Waals surface area (Å²) in [7, 11) is 0. The quantitative estimate of drug-likeness (QED) is 0.438. The largest absolute Gasteiger partial charge is 0.337 e. The van der Waals surface area contributed by atoms with Crippen LogP contribution in [0.4, 0.5) is 16.2 Å². The first-order valence-corrected chi connectivity index (χ1v) is 9.31. The number of hydrogen-bond acceptors (Lipinski definition) is 4. The Morgan fingerprint density at radius 1 is 0.933 bits per heavy atom. The molecule has 0 saturated heterocycles. The Labute approximate surface area is 173 Å². The molecule has 3 aromatic carbocycles. The Bertz CT molecular complexity index is 1130. The van der Waals surface area contributed by atoms with Crippen molar-refractivity contribution < 1.29 is 14.5 Å². The molecule has 3 N–H and O–H groups in total. The van der Waals surface area contributed by atoms with Gasteiger partial charge in [-0.2, -0.15) is 0 Å². The zero-order chi connectivity index (χ0) is 21.9. The fraction of sp³-hybridized carbons (Fsp3) is 0.182. The Kier molecular flexibility index (Phi) is 5.68. The smallest absolute Gasteiger partial charge is 0.306 e. The number of urea groups is 1. The molecule has 0 aliphatic heterocycles. The number of fused-ring (bicyclic) bond motifs is 1. The Morgan fingerprint density at radius 3 is 2.33 bits per heavy atom. The van der Waals surface area contributed by atoms with Crippen LogP contribution in [-0.2, 0) is 5.41 Å². The van der Waals surface area contributed by atoms with Crippen LogP contribution < -0.4 is 16.2 Å². The number of carbonyl (C=O) groups excluding carboxylic acids is 2. The van der Waals surface area contributed by atoms with E-state index >= 15 is 0 Å². The molecule has 0 radical (unpaired) electrons. The molecule has 0 saturated carbocycles. The topological polar surface area (TPSA) is 113 Å². The average molecular weight is 406 g/mol. The number of benzene rings is 3. The summed E-state index contributed by atoms with van der Waals surface area (Å²) in [5, 5.41) is 15.9. The van der Waals surface area contributed by atoms with Crippen molar-refractivity contribution in [3.63, 3.8) is 0 Å². The minimum Gasteiger partial charge on any atom is -0.306 e. The summed E-state index contributed by atoms with van der Waals surface area (Å²) < 4.78 is 0. The van der Waals surface area contributed by atoms with Crippen LogP contribution in [0.2, 0.25) is 0 Å². The molecular weight excluding hydrogens is 384 g/mol. The third-order valence-corrected chi connectivity index (χ3v) is 4.59. The van der Waals surface area contributed by atoms with E-state index in [-0.39, 0.29) is 11.3 Å². The van der Waals surface area contributed by atoms with Gasteiger partial charge in [-0.15, -0.1) is 0 Å². The van der Waals surface area contributed by atoms with Crippen molar-refractivity contribution in [2.45, 2.75) is 26.2 Å². The van der Waals surface area contributed by atoms with Gasteiger partial charge < -0.3 is 5.32 Å². The van der Waals surface area contributed by atoms with Crippen molar-refractivity contribution in [1.29, 1.82) is 0 Å². The molecule has 154 valence electrons. The van der Waals surface area contributed by atoms with Crippen LogP contribution in [0.15, 0.2) is 60.7 Å². The molecular formula is C22H22N4O4. The highest BCUT2D eigenvalue weighted by Crippen LogP contribution is 2.31. The monoisotopic (exact) mass is 406 g/mol. The fourth-order valence-electron chi connectivity index (χ4n) is 3.13. The van der Waals surface area contributed by atoms with Gasteiger partial charge in [0, 0.05) is 22.6 Å². The second-order valence-electron chi connectivity index (χ2n) is 7.80.